The minimum absolute atomic E-state index is 0.0313. The van der Waals surface area contributed by atoms with Crippen molar-refractivity contribution >= 4 is 0 Å². The van der Waals surface area contributed by atoms with Crippen LogP contribution in [0.15, 0.2) is 23.8 Å². The largest absolute Gasteiger partial charge is 0.345 e. The Morgan fingerprint density at radius 1 is 1.11 bits per heavy atom. The molecule has 19 heavy (non-hydrogen) atoms. The van der Waals surface area contributed by atoms with Crippen molar-refractivity contribution in [3.63, 3.8) is 0 Å². The zero-order valence-electron chi connectivity index (χ0n) is 13.5. The number of ether oxygens (including phenoxy) is 2. The van der Waals surface area contributed by atoms with Gasteiger partial charge in [0.25, 0.3) is 0 Å². The average Bonchev–Trinajstić information content (AvgIpc) is 2.39. The van der Waals surface area contributed by atoms with Crippen molar-refractivity contribution < 1.29 is 9.47 Å². The third kappa shape index (κ3) is 3.70. The Kier molecular flexibility index (Phi) is 5.82. The predicted octanol–water partition coefficient (Wildman–Crippen LogP) is 4.86. The second kappa shape index (κ2) is 6.71. The highest BCUT2D eigenvalue weighted by molar-refractivity contribution is 5.12. The third-order valence-electron chi connectivity index (χ3n) is 4.57. The monoisotopic (exact) mass is 266 g/mol. The molecule has 0 aromatic heterocycles. The molecule has 0 aromatic carbocycles. The van der Waals surface area contributed by atoms with Crippen LogP contribution in [0, 0.1) is 5.41 Å². The quantitative estimate of drug-likeness (QED) is 0.662. The van der Waals surface area contributed by atoms with Crippen LogP contribution in [0.3, 0.4) is 0 Å². The SMILES string of the molecule is C=CC1O[C@@H](CC)C(C)(C)[C@H](C/C(C)=C(\C)CC)O1. The van der Waals surface area contributed by atoms with Crippen LogP contribution in [0.5, 0.6) is 0 Å². The second-order valence-corrected chi connectivity index (χ2v) is 6.20. The molecular formula is C17H30O2. The van der Waals surface area contributed by atoms with E-state index in [1.165, 1.54) is 11.1 Å². The van der Waals surface area contributed by atoms with Gasteiger partial charge in [-0.15, -0.1) is 0 Å². The lowest BCUT2D eigenvalue weighted by Gasteiger charge is -2.47. The van der Waals surface area contributed by atoms with Gasteiger partial charge in [-0.3, -0.25) is 0 Å². The third-order valence-corrected chi connectivity index (χ3v) is 4.57. The maximum Gasteiger partial charge on any atom is 0.177 e. The van der Waals surface area contributed by atoms with Gasteiger partial charge >= 0.3 is 0 Å². The fourth-order valence-electron chi connectivity index (χ4n) is 2.71. The van der Waals surface area contributed by atoms with Gasteiger partial charge in [0.2, 0.25) is 0 Å². The number of hydrogen-bond donors (Lipinski definition) is 0. The Morgan fingerprint density at radius 3 is 2.16 bits per heavy atom. The van der Waals surface area contributed by atoms with E-state index in [1.54, 1.807) is 6.08 Å². The van der Waals surface area contributed by atoms with Gasteiger partial charge in [-0.1, -0.05) is 45.4 Å². The van der Waals surface area contributed by atoms with Crippen molar-refractivity contribution in [2.45, 2.75) is 79.3 Å². The summed E-state index contributed by atoms with van der Waals surface area (Å²) in [5.41, 5.74) is 2.94. The molecule has 0 bridgehead atoms. The lowest BCUT2D eigenvalue weighted by atomic mass is 9.76. The number of hydrogen-bond acceptors (Lipinski definition) is 2. The van der Waals surface area contributed by atoms with Gasteiger partial charge in [-0.2, -0.15) is 0 Å². The molecule has 3 atom stereocenters. The summed E-state index contributed by atoms with van der Waals surface area (Å²) in [4.78, 5) is 0. The van der Waals surface area contributed by atoms with E-state index in [1.807, 2.05) is 0 Å². The van der Waals surface area contributed by atoms with E-state index in [0.717, 1.165) is 19.3 Å². The van der Waals surface area contributed by atoms with Gasteiger partial charge in [-0.25, -0.2) is 0 Å². The fourth-order valence-corrected chi connectivity index (χ4v) is 2.71. The summed E-state index contributed by atoms with van der Waals surface area (Å²) in [5, 5.41) is 0. The maximum absolute atomic E-state index is 6.07. The first-order chi connectivity index (χ1) is 8.86. The Morgan fingerprint density at radius 2 is 1.68 bits per heavy atom. The Labute approximate surface area is 118 Å². The summed E-state index contributed by atoms with van der Waals surface area (Å²) in [5.74, 6) is 0. The molecule has 0 N–H and O–H groups in total. The normalized spacial score (nSPS) is 31.8. The van der Waals surface area contributed by atoms with E-state index >= 15 is 0 Å². The smallest absolute Gasteiger partial charge is 0.177 e. The van der Waals surface area contributed by atoms with Crippen LogP contribution in [0.1, 0.15) is 60.8 Å². The van der Waals surface area contributed by atoms with Crippen LogP contribution in [0.2, 0.25) is 0 Å². The molecule has 1 rings (SSSR count). The minimum Gasteiger partial charge on any atom is -0.345 e. The molecule has 110 valence electrons. The first kappa shape index (κ1) is 16.5. The molecule has 2 heteroatoms. The minimum atomic E-state index is -0.266. The van der Waals surface area contributed by atoms with Gasteiger partial charge in [0.1, 0.15) is 0 Å². The molecule has 2 nitrogen and oxygen atoms in total. The maximum atomic E-state index is 6.07. The second-order valence-electron chi connectivity index (χ2n) is 6.20. The Balaban J connectivity index is 2.92. The summed E-state index contributed by atoms with van der Waals surface area (Å²) in [7, 11) is 0. The van der Waals surface area contributed by atoms with Crippen LogP contribution < -0.4 is 0 Å². The van der Waals surface area contributed by atoms with E-state index in [4.69, 9.17) is 9.47 Å². The van der Waals surface area contributed by atoms with Crippen molar-refractivity contribution in [2.24, 2.45) is 5.41 Å². The van der Waals surface area contributed by atoms with E-state index in [2.05, 4.69) is 48.1 Å². The lowest BCUT2D eigenvalue weighted by Crippen LogP contribution is -2.51. The van der Waals surface area contributed by atoms with Gasteiger partial charge in [0.05, 0.1) is 12.2 Å². The van der Waals surface area contributed by atoms with Crippen molar-refractivity contribution in [2.75, 3.05) is 0 Å². The van der Waals surface area contributed by atoms with Gasteiger partial charge in [-0.05, 0) is 39.2 Å². The first-order valence-corrected chi connectivity index (χ1v) is 7.45. The Hall–Kier alpha value is -0.600. The fraction of sp³-hybridized carbons (Fsp3) is 0.765. The van der Waals surface area contributed by atoms with Gasteiger partial charge < -0.3 is 9.47 Å². The summed E-state index contributed by atoms with van der Waals surface area (Å²) in [6.45, 7) is 17.1. The van der Waals surface area contributed by atoms with E-state index in [9.17, 15) is 0 Å². The zero-order valence-corrected chi connectivity index (χ0v) is 13.5. The van der Waals surface area contributed by atoms with Crippen LogP contribution in [0.25, 0.3) is 0 Å². The van der Waals surface area contributed by atoms with Crippen molar-refractivity contribution in [3.05, 3.63) is 23.8 Å². The number of rotatable bonds is 5. The molecule has 0 radical (unpaired) electrons. The topological polar surface area (TPSA) is 18.5 Å². The first-order valence-electron chi connectivity index (χ1n) is 7.45. The molecule has 0 saturated carbocycles. The van der Waals surface area contributed by atoms with Crippen LogP contribution in [0.4, 0.5) is 0 Å². The van der Waals surface area contributed by atoms with Crippen LogP contribution in [-0.2, 0) is 9.47 Å². The highest BCUT2D eigenvalue weighted by atomic mass is 16.7. The molecule has 1 unspecified atom stereocenters. The Bertz CT molecular complexity index is 341. The molecule has 0 aliphatic carbocycles. The lowest BCUT2D eigenvalue weighted by molar-refractivity contribution is -0.274. The zero-order chi connectivity index (χ0) is 14.6. The van der Waals surface area contributed by atoms with Gasteiger partial charge in [0, 0.05) is 5.41 Å². The van der Waals surface area contributed by atoms with Crippen molar-refractivity contribution in [1.29, 1.82) is 0 Å². The van der Waals surface area contributed by atoms with Crippen LogP contribution >= 0.6 is 0 Å². The molecule has 1 fully saturated rings. The molecule has 0 aromatic rings. The standard InChI is InChI=1S/C17H30O2/c1-8-12(4)13(5)11-15-17(6,7)14(9-2)18-16(10-3)19-15/h10,14-16H,3,8-9,11H2,1-2,4-7H3/b13-12+/t14-,15-,16?/m0/s1. The number of allylic oxidation sites excluding steroid dienone is 1. The summed E-state index contributed by atoms with van der Waals surface area (Å²) < 4.78 is 12.0. The predicted molar refractivity (Wildman–Crippen MR) is 81.1 cm³/mol. The molecule has 1 aliphatic heterocycles. The molecule has 1 aliphatic rings. The van der Waals surface area contributed by atoms with E-state index in [0.29, 0.717) is 0 Å². The summed E-state index contributed by atoms with van der Waals surface area (Å²) in [6.07, 6.45) is 5.01. The molecule has 1 heterocycles. The summed E-state index contributed by atoms with van der Waals surface area (Å²) >= 11 is 0. The molecule has 1 saturated heterocycles. The highest BCUT2D eigenvalue weighted by Gasteiger charge is 2.44. The molecule has 0 spiro atoms. The van der Waals surface area contributed by atoms with E-state index in [-0.39, 0.29) is 23.9 Å². The van der Waals surface area contributed by atoms with Crippen molar-refractivity contribution in [3.8, 4) is 0 Å². The van der Waals surface area contributed by atoms with Crippen molar-refractivity contribution in [1.82, 2.24) is 0 Å². The molecule has 0 amide bonds. The van der Waals surface area contributed by atoms with E-state index < -0.39 is 0 Å². The highest BCUT2D eigenvalue weighted by Crippen LogP contribution is 2.40. The summed E-state index contributed by atoms with van der Waals surface area (Å²) in [6, 6.07) is 0. The average molecular weight is 266 g/mol. The van der Waals surface area contributed by atoms with Crippen LogP contribution in [-0.4, -0.2) is 18.5 Å². The van der Waals surface area contributed by atoms with Gasteiger partial charge in [0.15, 0.2) is 6.29 Å². The molecular weight excluding hydrogens is 236 g/mol.